The molecule has 0 amide bonds. The van der Waals surface area contributed by atoms with Crippen LogP contribution in [0.5, 0.6) is 57.5 Å². The molecule has 0 heterocycles. The summed E-state index contributed by atoms with van der Waals surface area (Å²) in [7, 11) is 0. The first-order valence-electron chi connectivity index (χ1n) is 30.2. The standard InChI is InChI=1S/5C15H13FO3S.5FH/c5*1-2-18-11-5-3-10(4-6-11)15(17)19-12-7-8-14(20)13(16)9-12;;;;;/h5*3-9,20H,2H2,1H3;5*1H. The molecule has 560 valence electrons. The summed E-state index contributed by atoms with van der Waals surface area (Å²) < 4.78 is 118. The monoisotopic (exact) mass is 1560 g/mol. The van der Waals surface area contributed by atoms with E-state index in [0.29, 0.717) is 89.6 Å². The van der Waals surface area contributed by atoms with E-state index in [1.165, 1.54) is 60.7 Å². The minimum atomic E-state index is -0.556. The topological polar surface area (TPSA) is 178 Å². The highest BCUT2D eigenvalue weighted by Crippen LogP contribution is 2.27. The molecule has 30 heteroatoms. The predicted molar refractivity (Wildman–Crippen MR) is 394 cm³/mol. The zero-order valence-corrected chi connectivity index (χ0v) is 60.5. The van der Waals surface area contributed by atoms with Gasteiger partial charge in [0.2, 0.25) is 0 Å². The Morgan fingerprint density at radius 2 is 0.352 bits per heavy atom. The molecule has 15 nitrogen and oxygen atoms in total. The van der Waals surface area contributed by atoms with Gasteiger partial charge in [-0.05, 0) is 217 Å². The third kappa shape index (κ3) is 30.8. The number of rotatable bonds is 20. The molecule has 10 aromatic carbocycles. The van der Waals surface area contributed by atoms with Crippen LogP contribution < -0.4 is 47.4 Å². The van der Waals surface area contributed by atoms with Crippen LogP contribution in [-0.4, -0.2) is 62.9 Å². The second-order valence-corrected chi connectivity index (χ2v) is 22.2. The maximum absolute atomic E-state index is 13.3. The lowest BCUT2D eigenvalue weighted by Crippen LogP contribution is -2.08. The molecule has 0 aliphatic rings. The molecule has 0 radical (unpaired) electrons. The van der Waals surface area contributed by atoms with Crippen molar-refractivity contribution in [1.29, 1.82) is 0 Å². The second-order valence-electron chi connectivity index (χ2n) is 19.8. The van der Waals surface area contributed by atoms with Crippen molar-refractivity contribution in [2.75, 3.05) is 33.0 Å². The lowest BCUT2D eigenvalue weighted by atomic mass is 10.2. The molecule has 0 saturated carbocycles. The van der Waals surface area contributed by atoms with Crippen molar-refractivity contribution < 1.29 is 117 Å². The predicted octanol–water partition coefficient (Wildman–Crippen LogP) is 19.4. The highest BCUT2D eigenvalue weighted by atomic mass is 32.1. The van der Waals surface area contributed by atoms with Gasteiger partial charge in [-0.2, -0.15) is 0 Å². The highest BCUT2D eigenvalue weighted by molar-refractivity contribution is 7.81. The second kappa shape index (κ2) is 47.8. The molecule has 0 atom stereocenters. The van der Waals surface area contributed by atoms with Gasteiger partial charge in [-0.15, -0.1) is 63.1 Å². The van der Waals surface area contributed by atoms with Gasteiger partial charge in [-0.3, -0.25) is 23.5 Å². The number of hydrogen-bond acceptors (Lipinski definition) is 20. The van der Waals surface area contributed by atoms with E-state index in [9.17, 15) is 45.9 Å². The van der Waals surface area contributed by atoms with Crippen LogP contribution in [0.15, 0.2) is 237 Å². The quantitative estimate of drug-likeness (QED) is 0.0211. The minimum absolute atomic E-state index is 0. The number of benzene rings is 10. The number of hydrogen-bond donors (Lipinski definition) is 5. The Hall–Kier alpha value is -10.4. The summed E-state index contributed by atoms with van der Waals surface area (Å²) in [6.07, 6.45) is 0. The zero-order chi connectivity index (χ0) is 72.7. The third-order valence-electron chi connectivity index (χ3n) is 12.7. The van der Waals surface area contributed by atoms with Crippen molar-refractivity contribution in [2.45, 2.75) is 59.1 Å². The van der Waals surface area contributed by atoms with E-state index in [0.717, 1.165) is 30.3 Å². The average molecular weight is 1560 g/mol. The molecule has 0 unspecified atom stereocenters. The van der Waals surface area contributed by atoms with Crippen LogP contribution in [-0.2, 0) is 0 Å². The van der Waals surface area contributed by atoms with Gasteiger partial charge in [-0.25, -0.2) is 45.9 Å². The summed E-state index contributed by atoms with van der Waals surface area (Å²) in [6.45, 7) is 12.2. The van der Waals surface area contributed by atoms with Crippen molar-refractivity contribution >= 4 is 93.0 Å². The lowest BCUT2D eigenvalue weighted by Gasteiger charge is -2.06. The van der Waals surface area contributed by atoms with Gasteiger partial charge in [0.1, 0.15) is 86.6 Å². The van der Waals surface area contributed by atoms with Crippen LogP contribution >= 0.6 is 63.1 Å². The molecule has 10 rings (SSSR count). The normalized spacial score (nSPS) is 9.67. The van der Waals surface area contributed by atoms with Crippen molar-refractivity contribution in [2.24, 2.45) is 0 Å². The van der Waals surface area contributed by atoms with E-state index in [4.69, 9.17) is 47.4 Å². The molecule has 0 aliphatic heterocycles. The number of carbonyl (C=O) groups excluding carboxylic acids is 5. The van der Waals surface area contributed by atoms with Gasteiger partial charge in [0.15, 0.2) is 0 Å². The van der Waals surface area contributed by atoms with Crippen LogP contribution in [0.1, 0.15) is 86.4 Å². The van der Waals surface area contributed by atoms with Crippen LogP contribution in [0.25, 0.3) is 0 Å². The number of halogens is 10. The Bertz CT molecular complexity index is 3720. The summed E-state index contributed by atoms with van der Waals surface area (Å²) >= 11 is 19.5. The van der Waals surface area contributed by atoms with Crippen molar-refractivity contribution in [1.82, 2.24) is 0 Å². The van der Waals surface area contributed by atoms with Gasteiger partial charge in [0, 0.05) is 54.8 Å². The van der Waals surface area contributed by atoms with Crippen LogP contribution in [0.2, 0.25) is 0 Å². The fraction of sp³-hybridized carbons (Fsp3) is 0.133. The van der Waals surface area contributed by atoms with Crippen molar-refractivity contribution in [3.8, 4) is 57.5 Å². The van der Waals surface area contributed by atoms with Crippen LogP contribution in [0.3, 0.4) is 0 Å². The van der Waals surface area contributed by atoms with E-state index in [2.05, 4.69) is 63.1 Å². The molecular formula is C75H70F10O15S5. The Balaban J connectivity index is 0.000000649. The number of ether oxygens (including phenoxy) is 10. The fourth-order valence-corrected chi connectivity index (χ4v) is 8.55. The molecule has 105 heavy (non-hydrogen) atoms. The molecule has 0 fully saturated rings. The summed E-state index contributed by atoms with van der Waals surface area (Å²) in [5, 5.41) is 0. The third-order valence-corrected chi connectivity index (χ3v) is 14.5. The van der Waals surface area contributed by atoms with Gasteiger partial charge >= 0.3 is 29.8 Å². The van der Waals surface area contributed by atoms with Crippen molar-refractivity contribution in [3.05, 3.63) is 269 Å². The van der Waals surface area contributed by atoms with E-state index < -0.39 is 58.9 Å². The largest absolute Gasteiger partial charge is 0.494 e. The van der Waals surface area contributed by atoms with Gasteiger partial charge < -0.3 is 47.4 Å². The van der Waals surface area contributed by atoms with Gasteiger partial charge in [-0.1, -0.05) is 0 Å². The van der Waals surface area contributed by atoms with Gasteiger partial charge in [0.25, 0.3) is 0 Å². The SMILES string of the molecule is CCOc1ccc(C(=O)Oc2ccc(S)c(F)c2)cc1.CCOc1ccc(C(=O)Oc2ccc(S)c(F)c2)cc1.CCOc1ccc(C(=O)Oc2ccc(S)c(F)c2)cc1.CCOc1ccc(C(=O)Oc2ccc(S)c(F)c2)cc1.CCOc1ccc(C(=O)Oc2ccc(S)c(F)c2)cc1.F.F.F.F.F. The first-order chi connectivity index (χ1) is 48.0. The van der Waals surface area contributed by atoms with E-state index in [1.54, 1.807) is 121 Å². The Morgan fingerprint density at radius 1 is 0.229 bits per heavy atom. The first kappa shape index (κ1) is 92.6. The smallest absolute Gasteiger partial charge is 0.343 e. The molecule has 0 N–H and O–H groups in total. The molecule has 0 spiro atoms. The van der Waals surface area contributed by atoms with E-state index in [-0.39, 0.29) is 76.7 Å². The van der Waals surface area contributed by atoms with Crippen LogP contribution in [0.4, 0.5) is 45.5 Å². The number of esters is 5. The van der Waals surface area contributed by atoms with E-state index in [1.807, 2.05) is 34.6 Å². The fourth-order valence-electron chi connectivity index (χ4n) is 7.85. The summed E-state index contributed by atoms with van der Waals surface area (Å²) in [4.78, 5) is 60.4. The average Bonchev–Trinajstić information content (AvgIpc) is 0.875. The first-order valence-corrected chi connectivity index (χ1v) is 32.4. The van der Waals surface area contributed by atoms with Gasteiger partial charge in [0.05, 0.1) is 60.9 Å². The Morgan fingerprint density at radius 3 is 0.467 bits per heavy atom. The zero-order valence-electron chi connectivity index (χ0n) is 56.0. The van der Waals surface area contributed by atoms with Crippen LogP contribution in [0, 0.1) is 29.1 Å². The highest BCUT2D eigenvalue weighted by Gasteiger charge is 2.16. The van der Waals surface area contributed by atoms with Crippen molar-refractivity contribution in [3.63, 3.8) is 0 Å². The molecule has 0 aliphatic carbocycles. The summed E-state index contributed by atoms with van der Waals surface area (Å²) in [6, 6.07) is 52.9. The molecule has 0 saturated heterocycles. The van der Waals surface area contributed by atoms with E-state index >= 15 is 0 Å². The Kier molecular flexibility index (Phi) is 42.1. The molecule has 0 bridgehead atoms. The summed E-state index contributed by atoms with van der Waals surface area (Å²) in [5.41, 5.74) is 1.82. The number of carbonyl (C=O) groups is 5. The minimum Gasteiger partial charge on any atom is -0.494 e. The lowest BCUT2D eigenvalue weighted by molar-refractivity contribution is 0.0724. The number of thiol groups is 5. The maximum atomic E-state index is 13.3. The molecular weight excluding hydrogens is 1490 g/mol. The molecule has 0 aromatic heterocycles. The molecule has 10 aromatic rings. The Labute approximate surface area is 625 Å². The summed E-state index contributed by atoms with van der Waals surface area (Å²) in [5.74, 6) is -1.40. The maximum Gasteiger partial charge on any atom is 0.343 e.